The molecule has 0 fully saturated rings. The average molecular weight is 309 g/mol. The second kappa shape index (κ2) is 6.73. The van der Waals surface area contributed by atoms with Crippen molar-refractivity contribution in [2.45, 2.75) is 19.4 Å². The summed E-state index contributed by atoms with van der Waals surface area (Å²) in [6.45, 7) is 2.01. The molecule has 20 heavy (non-hydrogen) atoms. The van der Waals surface area contributed by atoms with Gasteiger partial charge in [0, 0.05) is 16.8 Å². The number of nitrogens with zero attached hydrogens (tertiary/aromatic N) is 1. The zero-order valence-corrected chi connectivity index (χ0v) is 12.4. The lowest BCUT2D eigenvalue weighted by molar-refractivity contribution is 0.0935. The quantitative estimate of drug-likeness (QED) is 0.857. The van der Waals surface area contributed by atoms with Crippen molar-refractivity contribution in [2.24, 2.45) is 0 Å². The van der Waals surface area contributed by atoms with Gasteiger partial charge in [-0.05, 0) is 36.2 Å². The smallest absolute Gasteiger partial charge is 0.251 e. The molecule has 0 aliphatic carbocycles. The molecule has 0 aliphatic rings. The van der Waals surface area contributed by atoms with Crippen LogP contribution in [-0.4, -0.2) is 10.9 Å². The Morgan fingerprint density at radius 2 is 1.95 bits per heavy atom. The maximum absolute atomic E-state index is 12.2. The van der Waals surface area contributed by atoms with Crippen molar-refractivity contribution in [3.05, 3.63) is 63.9 Å². The third-order valence-corrected chi connectivity index (χ3v) is 3.43. The van der Waals surface area contributed by atoms with Gasteiger partial charge in [0.1, 0.15) is 5.15 Å². The van der Waals surface area contributed by atoms with E-state index >= 15 is 0 Å². The van der Waals surface area contributed by atoms with Crippen LogP contribution in [0.4, 0.5) is 0 Å². The Kier molecular flexibility index (Phi) is 4.99. The van der Waals surface area contributed by atoms with Gasteiger partial charge in [0.25, 0.3) is 5.91 Å². The van der Waals surface area contributed by atoms with Gasteiger partial charge in [-0.15, -0.1) is 0 Å². The molecule has 1 aromatic heterocycles. The number of aromatic nitrogens is 1. The van der Waals surface area contributed by atoms with E-state index in [2.05, 4.69) is 10.3 Å². The molecule has 1 heterocycles. The molecule has 2 rings (SSSR count). The third-order valence-electron chi connectivity index (χ3n) is 2.97. The fourth-order valence-electron chi connectivity index (χ4n) is 1.90. The fraction of sp³-hybridized carbons (Fsp3) is 0.200. The molecule has 0 saturated heterocycles. The molecule has 2 aromatic rings. The van der Waals surface area contributed by atoms with Gasteiger partial charge >= 0.3 is 0 Å². The Bertz CT molecular complexity index is 599. The predicted molar refractivity (Wildman–Crippen MR) is 81.2 cm³/mol. The highest BCUT2D eigenvalue weighted by molar-refractivity contribution is 6.30. The van der Waals surface area contributed by atoms with Crippen molar-refractivity contribution < 1.29 is 4.79 Å². The molecule has 5 heteroatoms. The Morgan fingerprint density at radius 3 is 2.55 bits per heavy atom. The van der Waals surface area contributed by atoms with Crippen LogP contribution in [0.25, 0.3) is 0 Å². The molecule has 3 nitrogen and oxygen atoms in total. The molecule has 1 atom stereocenters. The number of carbonyl (C=O) groups is 1. The Hall–Kier alpha value is -1.58. The van der Waals surface area contributed by atoms with Crippen LogP contribution in [0.1, 0.15) is 35.3 Å². The number of benzene rings is 1. The molecular formula is C15H14Cl2N2O. The van der Waals surface area contributed by atoms with Gasteiger partial charge in [-0.1, -0.05) is 42.3 Å². The van der Waals surface area contributed by atoms with E-state index in [1.54, 1.807) is 12.1 Å². The van der Waals surface area contributed by atoms with E-state index in [4.69, 9.17) is 23.2 Å². The third kappa shape index (κ3) is 3.71. The summed E-state index contributed by atoms with van der Waals surface area (Å²) in [4.78, 5) is 16.0. The van der Waals surface area contributed by atoms with Gasteiger partial charge in [0.15, 0.2) is 0 Å². The summed E-state index contributed by atoms with van der Waals surface area (Å²) in [5.74, 6) is -0.170. The largest absolute Gasteiger partial charge is 0.345 e. The van der Waals surface area contributed by atoms with Gasteiger partial charge in [-0.25, -0.2) is 4.98 Å². The Balaban J connectivity index is 2.14. The SMILES string of the molecule is CCC(NC(=O)c1ccnc(Cl)c1)c1ccc(Cl)cc1. The zero-order valence-electron chi connectivity index (χ0n) is 10.9. The molecule has 1 unspecified atom stereocenters. The first-order chi connectivity index (χ1) is 9.60. The summed E-state index contributed by atoms with van der Waals surface area (Å²) in [7, 11) is 0. The minimum absolute atomic E-state index is 0.0632. The second-order valence-electron chi connectivity index (χ2n) is 4.35. The van der Waals surface area contributed by atoms with Crippen LogP contribution in [0, 0.1) is 0 Å². The first-order valence-electron chi connectivity index (χ1n) is 6.28. The lowest BCUT2D eigenvalue weighted by Gasteiger charge is -2.17. The van der Waals surface area contributed by atoms with Crippen LogP contribution >= 0.6 is 23.2 Å². The van der Waals surface area contributed by atoms with Crippen molar-refractivity contribution in [3.63, 3.8) is 0 Å². The van der Waals surface area contributed by atoms with Gasteiger partial charge in [-0.2, -0.15) is 0 Å². The van der Waals surface area contributed by atoms with Gasteiger partial charge < -0.3 is 5.32 Å². The molecule has 0 aliphatic heterocycles. The number of rotatable bonds is 4. The molecule has 0 bridgehead atoms. The van der Waals surface area contributed by atoms with Crippen LogP contribution in [-0.2, 0) is 0 Å². The first-order valence-corrected chi connectivity index (χ1v) is 7.03. The number of hydrogen-bond acceptors (Lipinski definition) is 2. The molecule has 0 spiro atoms. The van der Waals surface area contributed by atoms with E-state index in [-0.39, 0.29) is 11.9 Å². The van der Waals surface area contributed by atoms with Crippen molar-refractivity contribution in [2.75, 3.05) is 0 Å². The maximum atomic E-state index is 12.2. The number of nitrogens with one attached hydrogen (secondary N) is 1. The average Bonchev–Trinajstić information content (AvgIpc) is 2.45. The predicted octanol–water partition coefficient (Wildman–Crippen LogP) is 4.27. The summed E-state index contributed by atoms with van der Waals surface area (Å²) >= 11 is 11.7. The van der Waals surface area contributed by atoms with E-state index in [0.29, 0.717) is 15.7 Å². The highest BCUT2D eigenvalue weighted by Crippen LogP contribution is 2.20. The standard InChI is InChI=1S/C15H14Cl2N2O/c1-2-13(10-3-5-12(16)6-4-10)19-15(20)11-7-8-18-14(17)9-11/h3-9,13H,2H2,1H3,(H,19,20). The van der Waals surface area contributed by atoms with E-state index in [0.717, 1.165) is 12.0 Å². The summed E-state index contributed by atoms with van der Waals surface area (Å²) in [6.07, 6.45) is 2.30. The van der Waals surface area contributed by atoms with Crippen molar-refractivity contribution >= 4 is 29.1 Å². The normalized spacial score (nSPS) is 11.9. The van der Waals surface area contributed by atoms with E-state index < -0.39 is 0 Å². The number of pyridine rings is 1. The van der Waals surface area contributed by atoms with Crippen molar-refractivity contribution in [1.82, 2.24) is 10.3 Å². The zero-order chi connectivity index (χ0) is 14.5. The molecule has 1 amide bonds. The lowest BCUT2D eigenvalue weighted by atomic mass is 10.0. The number of hydrogen-bond donors (Lipinski definition) is 1. The second-order valence-corrected chi connectivity index (χ2v) is 5.18. The molecule has 1 N–H and O–H groups in total. The first kappa shape index (κ1) is 14.8. The Morgan fingerprint density at radius 1 is 1.25 bits per heavy atom. The minimum atomic E-state index is -0.170. The number of halogens is 2. The monoisotopic (exact) mass is 308 g/mol. The van der Waals surface area contributed by atoms with Crippen LogP contribution in [0.2, 0.25) is 10.2 Å². The Labute approximate surface area is 127 Å². The fourth-order valence-corrected chi connectivity index (χ4v) is 2.20. The lowest BCUT2D eigenvalue weighted by Crippen LogP contribution is -2.28. The van der Waals surface area contributed by atoms with Crippen LogP contribution in [0.15, 0.2) is 42.6 Å². The summed E-state index contributed by atoms with van der Waals surface area (Å²) in [5.41, 5.74) is 1.52. The van der Waals surface area contributed by atoms with Gasteiger partial charge in [-0.3, -0.25) is 4.79 Å². The van der Waals surface area contributed by atoms with Crippen LogP contribution in [0.3, 0.4) is 0 Å². The van der Waals surface area contributed by atoms with E-state index in [1.165, 1.54) is 6.20 Å². The molecule has 0 radical (unpaired) electrons. The van der Waals surface area contributed by atoms with Crippen molar-refractivity contribution in [3.8, 4) is 0 Å². The number of amides is 1. The highest BCUT2D eigenvalue weighted by atomic mass is 35.5. The summed E-state index contributed by atoms with van der Waals surface area (Å²) < 4.78 is 0. The van der Waals surface area contributed by atoms with E-state index in [9.17, 15) is 4.79 Å². The van der Waals surface area contributed by atoms with Gasteiger partial charge in [0.2, 0.25) is 0 Å². The van der Waals surface area contributed by atoms with Crippen molar-refractivity contribution in [1.29, 1.82) is 0 Å². The van der Waals surface area contributed by atoms with Crippen LogP contribution in [0.5, 0.6) is 0 Å². The topological polar surface area (TPSA) is 42.0 Å². The maximum Gasteiger partial charge on any atom is 0.251 e. The molecule has 0 saturated carbocycles. The highest BCUT2D eigenvalue weighted by Gasteiger charge is 2.14. The minimum Gasteiger partial charge on any atom is -0.345 e. The molecular weight excluding hydrogens is 295 g/mol. The molecule has 1 aromatic carbocycles. The number of carbonyl (C=O) groups excluding carboxylic acids is 1. The summed E-state index contributed by atoms with van der Waals surface area (Å²) in [5, 5.41) is 3.96. The summed E-state index contributed by atoms with van der Waals surface area (Å²) in [6, 6.07) is 10.6. The van der Waals surface area contributed by atoms with Gasteiger partial charge in [0.05, 0.1) is 6.04 Å². The molecule has 104 valence electrons. The van der Waals surface area contributed by atoms with E-state index in [1.807, 2.05) is 31.2 Å². The van der Waals surface area contributed by atoms with Crippen LogP contribution < -0.4 is 5.32 Å².